The summed E-state index contributed by atoms with van der Waals surface area (Å²) in [5.41, 5.74) is 3.31. The van der Waals surface area contributed by atoms with Gasteiger partial charge in [0.15, 0.2) is 0 Å². The van der Waals surface area contributed by atoms with Crippen molar-refractivity contribution in [1.29, 1.82) is 0 Å². The largest absolute Gasteiger partial charge is 0.497 e. The van der Waals surface area contributed by atoms with Crippen molar-refractivity contribution in [2.45, 2.75) is 13.0 Å². The van der Waals surface area contributed by atoms with Gasteiger partial charge in [0.1, 0.15) is 11.5 Å². The number of hydrogen-bond acceptors (Lipinski definition) is 3. The Bertz CT molecular complexity index is 972. The summed E-state index contributed by atoms with van der Waals surface area (Å²) in [6.45, 7) is 0.695. The Morgan fingerprint density at radius 3 is 2.48 bits per heavy atom. The molecule has 4 rings (SSSR count). The van der Waals surface area contributed by atoms with Crippen LogP contribution in [0.4, 0.5) is 0 Å². The van der Waals surface area contributed by atoms with Gasteiger partial charge in [0.2, 0.25) is 0 Å². The van der Waals surface area contributed by atoms with Crippen LogP contribution in [0.2, 0.25) is 0 Å². The summed E-state index contributed by atoms with van der Waals surface area (Å²) in [6.07, 6.45) is 0.849. The van der Waals surface area contributed by atoms with Crippen LogP contribution < -0.4 is 15.0 Å². The Hall–Kier alpha value is -2.75. The van der Waals surface area contributed by atoms with Crippen LogP contribution in [-0.4, -0.2) is 18.8 Å². The van der Waals surface area contributed by atoms with Gasteiger partial charge < -0.3 is 14.0 Å². The lowest BCUT2D eigenvalue weighted by Gasteiger charge is -2.23. The molecule has 0 bridgehead atoms. The maximum atomic E-state index is 12.9. The number of aryl methyl sites for hydroxylation is 1. The number of pyridine rings is 1. The predicted molar refractivity (Wildman–Crippen MR) is 90.5 cm³/mol. The molecule has 0 fully saturated rings. The zero-order chi connectivity index (χ0) is 16.0. The first-order valence-electron chi connectivity index (χ1n) is 7.60. The first-order valence-corrected chi connectivity index (χ1v) is 7.60. The molecule has 2 heterocycles. The van der Waals surface area contributed by atoms with Gasteiger partial charge in [-0.1, -0.05) is 12.1 Å². The number of nitrogens with zero attached hydrogens (tertiary/aromatic N) is 1. The van der Waals surface area contributed by atoms with Gasteiger partial charge in [-0.25, -0.2) is 0 Å². The maximum absolute atomic E-state index is 12.9. The van der Waals surface area contributed by atoms with Crippen molar-refractivity contribution in [2.75, 3.05) is 14.2 Å². The van der Waals surface area contributed by atoms with Crippen molar-refractivity contribution in [3.63, 3.8) is 0 Å². The van der Waals surface area contributed by atoms with E-state index in [1.165, 1.54) is 5.56 Å². The molecule has 0 N–H and O–H groups in total. The van der Waals surface area contributed by atoms with Crippen molar-refractivity contribution in [1.82, 2.24) is 4.57 Å². The van der Waals surface area contributed by atoms with Gasteiger partial charge in [-0.2, -0.15) is 0 Å². The minimum atomic E-state index is 0.0323. The van der Waals surface area contributed by atoms with E-state index in [1.807, 2.05) is 34.9 Å². The molecule has 0 spiro atoms. The quantitative estimate of drug-likeness (QED) is 0.730. The van der Waals surface area contributed by atoms with E-state index in [4.69, 9.17) is 9.47 Å². The average molecular weight is 307 g/mol. The fraction of sp³-hybridized carbons (Fsp3) is 0.211. The lowest BCUT2D eigenvalue weighted by molar-refractivity contribution is 0.414. The summed E-state index contributed by atoms with van der Waals surface area (Å²) in [4.78, 5) is 12.9. The van der Waals surface area contributed by atoms with Gasteiger partial charge in [0.05, 0.1) is 25.3 Å². The van der Waals surface area contributed by atoms with Gasteiger partial charge in [-0.15, -0.1) is 0 Å². The number of aromatic nitrogens is 1. The highest BCUT2D eigenvalue weighted by Gasteiger charge is 2.19. The number of rotatable bonds is 2. The Morgan fingerprint density at radius 2 is 1.70 bits per heavy atom. The van der Waals surface area contributed by atoms with Crippen LogP contribution in [0.5, 0.6) is 11.5 Å². The van der Waals surface area contributed by atoms with Crippen LogP contribution in [0.25, 0.3) is 22.0 Å². The molecule has 0 aliphatic carbocycles. The molecule has 116 valence electrons. The first-order chi connectivity index (χ1) is 11.2. The number of methoxy groups -OCH3 is 2. The van der Waals surface area contributed by atoms with Crippen LogP contribution in [-0.2, 0) is 13.0 Å². The molecule has 3 aromatic rings. The maximum Gasteiger partial charge on any atom is 0.259 e. The third-order valence-corrected chi connectivity index (χ3v) is 4.52. The van der Waals surface area contributed by atoms with Crippen molar-refractivity contribution in [3.8, 4) is 22.8 Å². The molecule has 0 atom stereocenters. The van der Waals surface area contributed by atoms with E-state index in [0.717, 1.165) is 28.8 Å². The zero-order valence-electron chi connectivity index (χ0n) is 13.1. The third-order valence-electron chi connectivity index (χ3n) is 4.52. The van der Waals surface area contributed by atoms with Crippen LogP contribution in [0, 0.1) is 0 Å². The summed E-state index contributed by atoms with van der Waals surface area (Å²) < 4.78 is 12.4. The van der Waals surface area contributed by atoms with E-state index >= 15 is 0 Å². The molecule has 1 aliphatic heterocycles. The lowest BCUT2D eigenvalue weighted by Crippen LogP contribution is -2.26. The number of hydrogen-bond donors (Lipinski definition) is 0. The summed E-state index contributed by atoms with van der Waals surface area (Å²) >= 11 is 0. The molecule has 0 unspecified atom stereocenters. The fourth-order valence-corrected chi connectivity index (χ4v) is 3.27. The monoisotopic (exact) mass is 307 g/mol. The second kappa shape index (κ2) is 5.16. The van der Waals surface area contributed by atoms with E-state index in [9.17, 15) is 4.79 Å². The molecule has 0 saturated heterocycles. The minimum Gasteiger partial charge on any atom is -0.497 e. The minimum absolute atomic E-state index is 0.0323. The van der Waals surface area contributed by atoms with E-state index in [0.29, 0.717) is 17.7 Å². The molecule has 23 heavy (non-hydrogen) atoms. The van der Waals surface area contributed by atoms with E-state index in [1.54, 1.807) is 14.2 Å². The molecule has 0 saturated carbocycles. The molecule has 4 heteroatoms. The third kappa shape index (κ3) is 2.10. The molecule has 4 nitrogen and oxygen atoms in total. The summed E-state index contributed by atoms with van der Waals surface area (Å²) in [5, 5.41) is 1.62. The van der Waals surface area contributed by atoms with Gasteiger partial charge >= 0.3 is 0 Å². The highest BCUT2D eigenvalue weighted by Crippen LogP contribution is 2.33. The van der Waals surface area contributed by atoms with E-state index in [2.05, 4.69) is 12.1 Å². The summed E-state index contributed by atoms with van der Waals surface area (Å²) in [7, 11) is 3.27. The molecule has 0 radical (unpaired) electrons. The standard InChI is InChI=1S/C19H17NO3/c1-22-14-5-3-12-7-8-20-18(16(12)10-14)9-13-4-6-15(23-2)11-17(13)19(20)21/h3-6,9-11H,7-8H2,1-2H3. The average Bonchev–Trinajstić information content (AvgIpc) is 2.61. The van der Waals surface area contributed by atoms with Crippen molar-refractivity contribution < 1.29 is 9.47 Å². The van der Waals surface area contributed by atoms with Gasteiger partial charge in [-0.3, -0.25) is 4.79 Å². The first kappa shape index (κ1) is 13.9. The van der Waals surface area contributed by atoms with Crippen molar-refractivity contribution in [3.05, 3.63) is 58.4 Å². The highest BCUT2D eigenvalue weighted by molar-refractivity contribution is 5.87. The van der Waals surface area contributed by atoms with Crippen LogP contribution in [0.15, 0.2) is 47.3 Å². The van der Waals surface area contributed by atoms with Crippen molar-refractivity contribution in [2.24, 2.45) is 0 Å². The zero-order valence-corrected chi connectivity index (χ0v) is 13.1. The summed E-state index contributed by atoms with van der Waals surface area (Å²) in [5.74, 6) is 1.51. The van der Waals surface area contributed by atoms with Gasteiger partial charge in [0, 0.05) is 12.1 Å². The van der Waals surface area contributed by atoms with E-state index < -0.39 is 0 Å². The molecular formula is C19H17NO3. The Morgan fingerprint density at radius 1 is 0.957 bits per heavy atom. The molecule has 1 aromatic heterocycles. The summed E-state index contributed by atoms with van der Waals surface area (Å²) in [6, 6.07) is 13.8. The molecular weight excluding hydrogens is 290 g/mol. The second-order valence-corrected chi connectivity index (χ2v) is 5.71. The molecule has 2 aromatic carbocycles. The highest BCUT2D eigenvalue weighted by atomic mass is 16.5. The number of benzene rings is 2. The Labute approximate surface area is 133 Å². The van der Waals surface area contributed by atoms with Crippen LogP contribution in [0.1, 0.15) is 5.56 Å². The van der Waals surface area contributed by atoms with Crippen LogP contribution >= 0.6 is 0 Å². The van der Waals surface area contributed by atoms with Crippen molar-refractivity contribution >= 4 is 10.8 Å². The molecule has 0 amide bonds. The normalized spacial score (nSPS) is 12.6. The van der Waals surface area contributed by atoms with Gasteiger partial charge in [0.25, 0.3) is 5.56 Å². The second-order valence-electron chi connectivity index (χ2n) is 5.71. The van der Waals surface area contributed by atoms with Crippen LogP contribution in [0.3, 0.4) is 0 Å². The Kier molecular flexibility index (Phi) is 3.11. The fourth-order valence-electron chi connectivity index (χ4n) is 3.27. The van der Waals surface area contributed by atoms with E-state index in [-0.39, 0.29) is 5.56 Å². The predicted octanol–water partition coefficient (Wildman–Crippen LogP) is 3.24. The number of fused-ring (bicyclic) bond motifs is 4. The topological polar surface area (TPSA) is 40.5 Å². The molecule has 1 aliphatic rings. The SMILES string of the molecule is COc1ccc2c(c1)-c1cc3ccc(OC)cc3c(=O)n1CC2. The number of ether oxygens (including phenoxy) is 2. The lowest BCUT2D eigenvalue weighted by atomic mass is 9.95. The van der Waals surface area contributed by atoms with Gasteiger partial charge in [-0.05, 0) is 47.7 Å². The smallest absolute Gasteiger partial charge is 0.259 e. The Balaban J connectivity index is 2.02.